The first-order valence-electron chi connectivity index (χ1n) is 5.86. The van der Waals surface area contributed by atoms with E-state index in [0.717, 1.165) is 16.6 Å². The van der Waals surface area contributed by atoms with Crippen molar-refractivity contribution in [1.82, 2.24) is 4.90 Å². The zero-order valence-electron chi connectivity index (χ0n) is 9.70. The molecule has 1 saturated heterocycles. The van der Waals surface area contributed by atoms with Crippen LogP contribution in [0.15, 0.2) is 28.7 Å². The Bertz CT molecular complexity index is 362. The van der Waals surface area contributed by atoms with Crippen molar-refractivity contribution in [2.45, 2.75) is 18.4 Å². The van der Waals surface area contributed by atoms with E-state index < -0.39 is 5.60 Å². The van der Waals surface area contributed by atoms with Crippen LogP contribution in [0.5, 0.6) is 0 Å². The van der Waals surface area contributed by atoms with Crippen LogP contribution in [0.3, 0.4) is 0 Å². The predicted molar refractivity (Wildman–Crippen MR) is 69.8 cm³/mol. The number of halogens is 2. The second-order valence-electron chi connectivity index (χ2n) is 4.78. The monoisotopic (exact) mass is 301 g/mol. The van der Waals surface area contributed by atoms with Crippen molar-refractivity contribution in [3.63, 3.8) is 0 Å². The van der Waals surface area contributed by atoms with Crippen molar-refractivity contribution in [1.29, 1.82) is 0 Å². The molecule has 17 heavy (non-hydrogen) atoms. The summed E-state index contributed by atoms with van der Waals surface area (Å²) < 4.78 is 13.0. The first kappa shape index (κ1) is 13.0. The molecule has 0 unspecified atom stereocenters. The van der Waals surface area contributed by atoms with Gasteiger partial charge in [0.2, 0.25) is 0 Å². The van der Waals surface area contributed by atoms with Crippen LogP contribution in [0.2, 0.25) is 0 Å². The van der Waals surface area contributed by atoms with Gasteiger partial charge in [-0.05, 0) is 24.1 Å². The largest absolute Gasteiger partial charge is 0.387 e. The maximum atomic E-state index is 12.0. The minimum Gasteiger partial charge on any atom is -0.387 e. The summed E-state index contributed by atoms with van der Waals surface area (Å²) in [5, 5.41) is 10.3. The maximum Gasteiger partial charge on any atom is 0.0940 e. The van der Waals surface area contributed by atoms with Crippen molar-refractivity contribution in [3.8, 4) is 0 Å². The zero-order chi connectivity index (χ0) is 12.3. The van der Waals surface area contributed by atoms with Gasteiger partial charge in [0.05, 0.1) is 12.3 Å². The fraction of sp³-hybridized carbons (Fsp3) is 0.538. The molecule has 0 radical (unpaired) electrons. The molecule has 1 aliphatic heterocycles. The third kappa shape index (κ3) is 3.50. The molecule has 1 fully saturated rings. The van der Waals surface area contributed by atoms with Crippen LogP contribution in [0.4, 0.5) is 4.39 Å². The highest BCUT2D eigenvalue weighted by Crippen LogP contribution is 2.25. The van der Waals surface area contributed by atoms with Gasteiger partial charge in [0.15, 0.2) is 0 Å². The van der Waals surface area contributed by atoms with Gasteiger partial charge in [-0.25, -0.2) is 0 Å². The highest BCUT2D eigenvalue weighted by atomic mass is 79.9. The smallest absolute Gasteiger partial charge is 0.0940 e. The van der Waals surface area contributed by atoms with E-state index in [1.54, 1.807) is 0 Å². The van der Waals surface area contributed by atoms with E-state index in [9.17, 15) is 9.50 Å². The Labute approximate surface area is 110 Å². The summed E-state index contributed by atoms with van der Waals surface area (Å²) in [6.45, 7) is 1.78. The standard InChI is InChI=1S/C13H17BrFNO/c14-12-4-2-11(3-5-12)8-13(17)9-16(10-13)7-1-6-15/h2-5,17H,1,6-10H2. The molecule has 1 aromatic rings. The zero-order valence-corrected chi connectivity index (χ0v) is 11.3. The number of likely N-dealkylation sites (tertiary alicyclic amines) is 1. The molecule has 0 atom stereocenters. The van der Waals surface area contributed by atoms with Crippen LogP contribution < -0.4 is 0 Å². The normalized spacial score (nSPS) is 19.0. The molecule has 0 aromatic heterocycles. The molecular formula is C13H17BrFNO. The van der Waals surface area contributed by atoms with Gasteiger partial charge in [0.1, 0.15) is 0 Å². The van der Waals surface area contributed by atoms with Crippen LogP contribution >= 0.6 is 15.9 Å². The third-order valence-electron chi connectivity index (χ3n) is 3.09. The van der Waals surface area contributed by atoms with Crippen LogP contribution in [-0.4, -0.2) is 41.9 Å². The fourth-order valence-corrected chi connectivity index (χ4v) is 2.59. The van der Waals surface area contributed by atoms with Crippen molar-refractivity contribution < 1.29 is 9.50 Å². The lowest BCUT2D eigenvalue weighted by atomic mass is 9.87. The summed E-state index contributed by atoms with van der Waals surface area (Å²) in [5.74, 6) is 0. The topological polar surface area (TPSA) is 23.5 Å². The van der Waals surface area contributed by atoms with E-state index in [4.69, 9.17) is 0 Å². The fourth-order valence-electron chi connectivity index (χ4n) is 2.32. The molecular weight excluding hydrogens is 285 g/mol. The number of alkyl halides is 1. The minimum absolute atomic E-state index is 0.276. The predicted octanol–water partition coefficient (Wildman–Crippen LogP) is 2.40. The van der Waals surface area contributed by atoms with Gasteiger partial charge in [0, 0.05) is 30.5 Å². The van der Waals surface area contributed by atoms with Crippen LogP contribution in [0.1, 0.15) is 12.0 Å². The summed E-state index contributed by atoms with van der Waals surface area (Å²) in [6, 6.07) is 8.01. The first-order valence-corrected chi connectivity index (χ1v) is 6.66. The van der Waals surface area contributed by atoms with Gasteiger partial charge in [-0.15, -0.1) is 0 Å². The van der Waals surface area contributed by atoms with E-state index in [-0.39, 0.29) is 6.67 Å². The molecule has 4 heteroatoms. The van der Waals surface area contributed by atoms with Crippen LogP contribution in [-0.2, 0) is 6.42 Å². The van der Waals surface area contributed by atoms with Crippen molar-refractivity contribution in [2.75, 3.05) is 26.3 Å². The molecule has 1 aliphatic rings. The second kappa shape index (κ2) is 5.46. The summed E-state index contributed by atoms with van der Waals surface area (Å²) in [7, 11) is 0. The van der Waals surface area contributed by atoms with Gasteiger partial charge in [-0.2, -0.15) is 0 Å². The van der Waals surface area contributed by atoms with Crippen molar-refractivity contribution >= 4 is 15.9 Å². The van der Waals surface area contributed by atoms with E-state index >= 15 is 0 Å². The summed E-state index contributed by atoms with van der Waals surface area (Å²) in [6.07, 6.45) is 1.24. The Hall–Kier alpha value is -0.450. The lowest BCUT2D eigenvalue weighted by Crippen LogP contribution is -2.62. The van der Waals surface area contributed by atoms with Crippen molar-refractivity contribution in [3.05, 3.63) is 34.3 Å². The van der Waals surface area contributed by atoms with E-state index in [1.165, 1.54) is 0 Å². The molecule has 2 nitrogen and oxygen atoms in total. The minimum atomic E-state index is -0.621. The lowest BCUT2D eigenvalue weighted by Gasteiger charge is -2.46. The SMILES string of the molecule is OC1(Cc2ccc(Br)cc2)CN(CCCF)C1. The number of hydrogen-bond acceptors (Lipinski definition) is 2. The van der Waals surface area contributed by atoms with E-state index in [0.29, 0.717) is 25.9 Å². The van der Waals surface area contributed by atoms with Gasteiger partial charge in [-0.3, -0.25) is 9.29 Å². The number of nitrogens with zero attached hydrogens (tertiary/aromatic N) is 1. The summed E-state index contributed by atoms with van der Waals surface area (Å²) >= 11 is 3.39. The lowest BCUT2D eigenvalue weighted by molar-refractivity contribution is -0.0969. The number of β-amino-alcohol motifs (C(OH)–C–C–N with tert-alkyl or cyclic N) is 1. The molecule has 1 aromatic carbocycles. The van der Waals surface area contributed by atoms with E-state index in [1.807, 2.05) is 24.3 Å². The molecule has 0 bridgehead atoms. The Morgan fingerprint density at radius 3 is 2.53 bits per heavy atom. The molecule has 0 amide bonds. The Morgan fingerprint density at radius 2 is 1.94 bits per heavy atom. The first-order chi connectivity index (χ1) is 8.11. The maximum absolute atomic E-state index is 12.0. The molecule has 0 aliphatic carbocycles. The highest BCUT2D eigenvalue weighted by molar-refractivity contribution is 9.10. The van der Waals surface area contributed by atoms with Crippen LogP contribution in [0.25, 0.3) is 0 Å². The molecule has 0 spiro atoms. The number of rotatable bonds is 5. The highest BCUT2D eigenvalue weighted by Gasteiger charge is 2.40. The average Bonchev–Trinajstić information content (AvgIpc) is 2.27. The van der Waals surface area contributed by atoms with E-state index in [2.05, 4.69) is 20.8 Å². The second-order valence-corrected chi connectivity index (χ2v) is 5.70. The quantitative estimate of drug-likeness (QED) is 0.903. The van der Waals surface area contributed by atoms with Gasteiger partial charge in [0.25, 0.3) is 0 Å². The molecule has 1 N–H and O–H groups in total. The number of aliphatic hydroxyl groups is 1. The Balaban J connectivity index is 1.82. The van der Waals surface area contributed by atoms with Gasteiger partial charge < -0.3 is 5.11 Å². The van der Waals surface area contributed by atoms with Crippen LogP contribution in [0, 0.1) is 0 Å². The summed E-state index contributed by atoms with van der Waals surface area (Å²) in [4.78, 5) is 2.10. The summed E-state index contributed by atoms with van der Waals surface area (Å²) in [5.41, 5.74) is 0.519. The van der Waals surface area contributed by atoms with Gasteiger partial charge in [-0.1, -0.05) is 28.1 Å². The van der Waals surface area contributed by atoms with Gasteiger partial charge >= 0.3 is 0 Å². The molecule has 1 heterocycles. The third-order valence-corrected chi connectivity index (χ3v) is 3.62. The Morgan fingerprint density at radius 1 is 1.29 bits per heavy atom. The molecule has 2 rings (SSSR count). The molecule has 94 valence electrons. The Kier molecular flexibility index (Phi) is 4.17. The van der Waals surface area contributed by atoms with Crippen molar-refractivity contribution in [2.24, 2.45) is 0 Å². The number of hydrogen-bond donors (Lipinski definition) is 1. The number of benzene rings is 1. The average molecular weight is 302 g/mol. The molecule has 0 saturated carbocycles.